The van der Waals surface area contributed by atoms with E-state index in [1.165, 1.54) is 13.8 Å². The van der Waals surface area contributed by atoms with Crippen molar-refractivity contribution in [1.29, 1.82) is 0 Å². The molecule has 0 aliphatic carbocycles. The lowest BCUT2D eigenvalue weighted by Gasteiger charge is -2.37. The van der Waals surface area contributed by atoms with Crippen LogP contribution in [0, 0.1) is 0 Å². The van der Waals surface area contributed by atoms with Crippen molar-refractivity contribution in [2.75, 3.05) is 0 Å². The summed E-state index contributed by atoms with van der Waals surface area (Å²) in [5, 5.41) is 4.33. The number of rotatable bonds is 4. The van der Waals surface area contributed by atoms with Crippen LogP contribution in [0.15, 0.2) is 0 Å². The average Bonchev–Trinajstić information content (AvgIpc) is 1.98. The third-order valence-corrected chi connectivity index (χ3v) is 3.17. The molecule has 0 rings (SSSR count). The van der Waals surface area contributed by atoms with Crippen LogP contribution in [0.4, 0.5) is 8.78 Å². The van der Waals surface area contributed by atoms with E-state index in [2.05, 4.69) is 4.74 Å². The molecule has 0 radical (unpaired) electrons. The number of hydrogen-bond donors (Lipinski definition) is 1. The molecule has 6 nitrogen and oxygen atoms in total. The lowest BCUT2D eigenvalue weighted by Crippen LogP contribution is -2.52. The summed E-state index contributed by atoms with van der Waals surface area (Å²) in [4.78, 5) is 10.9. The van der Waals surface area contributed by atoms with Gasteiger partial charge >= 0.3 is 11.2 Å². The van der Waals surface area contributed by atoms with E-state index < -0.39 is 32.5 Å². The van der Waals surface area contributed by atoms with Gasteiger partial charge in [0.05, 0.1) is 5.60 Å². The second-order valence-electron chi connectivity index (χ2n) is 4.43. The number of carbonyl (C=O) groups excluding carboxylic acids is 1. The average molecular weight is 275 g/mol. The van der Waals surface area contributed by atoms with Crippen LogP contribution in [0.5, 0.6) is 0 Å². The quantitative estimate of drug-likeness (QED) is 0.581. The maximum Gasteiger partial charge on any atom is 0.428 e. The van der Waals surface area contributed by atoms with E-state index in [-0.39, 0.29) is 0 Å². The Labute approximate surface area is 97.3 Å². The first kappa shape index (κ1) is 16.2. The molecule has 0 atom stereocenters. The summed E-state index contributed by atoms with van der Waals surface area (Å²) in [6.45, 7) is 4.53. The Morgan fingerprint density at radius 2 is 1.59 bits per heavy atom. The van der Waals surface area contributed by atoms with Crippen molar-refractivity contribution in [3.8, 4) is 0 Å². The van der Waals surface area contributed by atoms with Crippen LogP contribution in [-0.2, 0) is 19.6 Å². The summed E-state index contributed by atoms with van der Waals surface area (Å²) in [7, 11) is -6.16. The minimum absolute atomic E-state index is 1.10. The maximum atomic E-state index is 12.8. The molecule has 0 unspecified atom stereocenters. The molecule has 0 aliphatic heterocycles. The van der Waals surface area contributed by atoms with Crippen LogP contribution in [-0.4, -0.2) is 40.5 Å². The van der Waals surface area contributed by atoms with Crippen LogP contribution in [0.3, 0.4) is 0 Å². The van der Waals surface area contributed by atoms with Crippen molar-refractivity contribution in [1.82, 2.24) is 0 Å². The molecule has 0 fully saturated rings. The zero-order valence-corrected chi connectivity index (χ0v) is 10.5. The topological polar surface area (TPSA) is 104 Å². The first-order valence-corrected chi connectivity index (χ1v) is 5.83. The van der Waals surface area contributed by atoms with Gasteiger partial charge in [0.2, 0.25) is 0 Å². The summed E-state index contributed by atoms with van der Waals surface area (Å²) in [5.41, 5.74) is -3.50. The van der Waals surface area contributed by atoms with Gasteiger partial charge in [0.15, 0.2) is 10.1 Å². The monoisotopic (exact) mass is 275 g/mol. The first-order chi connectivity index (χ1) is 7.13. The lowest BCUT2D eigenvalue weighted by atomic mass is 9.89. The Bertz CT molecular complexity index is 406. The van der Waals surface area contributed by atoms with E-state index in [4.69, 9.17) is 0 Å². The molecule has 17 heavy (non-hydrogen) atoms. The van der Waals surface area contributed by atoms with Crippen molar-refractivity contribution in [2.45, 2.75) is 44.2 Å². The number of carbonyl (C=O) groups is 1. The summed E-state index contributed by atoms with van der Waals surface area (Å²) >= 11 is 0. The predicted molar refractivity (Wildman–Crippen MR) is 51.1 cm³/mol. The third-order valence-electron chi connectivity index (χ3n) is 2.37. The Balaban J connectivity index is 5.16. The normalized spacial score (nSPS) is 14.6. The molecular formula is C8H13F2O6S-. The van der Waals surface area contributed by atoms with Gasteiger partial charge in [-0.1, -0.05) is 0 Å². The number of esters is 1. The highest BCUT2D eigenvalue weighted by molar-refractivity contribution is 7.87. The molecule has 0 amide bonds. The van der Waals surface area contributed by atoms with Gasteiger partial charge in [0.25, 0.3) is 0 Å². The summed E-state index contributed by atoms with van der Waals surface area (Å²) in [6, 6.07) is 0. The van der Waals surface area contributed by atoms with E-state index in [1.807, 2.05) is 0 Å². The molecule has 0 saturated heterocycles. The molecule has 102 valence electrons. The van der Waals surface area contributed by atoms with Gasteiger partial charge in [0, 0.05) is 0 Å². The van der Waals surface area contributed by atoms with Crippen molar-refractivity contribution in [3.63, 3.8) is 0 Å². The summed E-state index contributed by atoms with van der Waals surface area (Å²) in [5.74, 6) is -2.51. The summed E-state index contributed by atoms with van der Waals surface area (Å²) < 4.78 is 60.2. The molecule has 0 aromatic rings. The Hall–Kier alpha value is -0.800. The van der Waals surface area contributed by atoms with Crippen molar-refractivity contribution >= 4 is 16.1 Å². The van der Waals surface area contributed by atoms with E-state index >= 15 is 0 Å². The zero-order valence-electron chi connectivity index (χ0n) is 9.65. The van der Waals surface area contributed by atoms with Crippen LogP contribution in [0.25, 0.3) is 0 Å². The number of aliphatic hydroxyl groups is 1. The predicted octanol–water partition coefficient (Wildman–Crippen LogP) is 0.217. The number of alkyl halides is 2. The largest absolute Gasteiger partial charge is 0.743 e. The van der Waals surface area contributed by atoms with Crippen LogP contribution >= 0.6 is 0 Å². The van der Waals surface area contributed by atoms with Crippen LogP contribution in [0.2, 0.25) is 0 Å². The standard InChI is InChI=1S/C8H14F2O6S/c1-6(2,12)7(3,4)16-5(11)8(9,10)17(13,14)15/h12H,1-4H3,(H,13,14,15)/p-1. The van der Waals surface area contributed by atoms with Gasteiger partial charge in [-0.2, -0.15) is 8.78 Å². The lowest BCUT2D eigenvalue weighted by molar-refractivity contribution is -0.196. The molecule has 0 spiro atoms. The number of ether oxygens (including phenoxy) is 1. The van der Waals surface area contributed by atoms with Gasteiger partial charge in [-0.25, -0.2) is 13.2 Å². The molecule has 0 bridgehead atoms. The van der Waals surface area contributed by atoms with Gasteiger partial charge in [-0.3, -0.25) is 0 Å². The van der Waals surface area contributed by atoms with Crippen LogP contribution in [0.1, 0.15) is 27.7 Å². The van der Waals surface area contributed by atoms with E-state index in [1.54, 1.807) is 0 Å². The maximum absolute atomic E-state index is 12.8. The first-order valence-electron chi connectivity index (χ1n) is 4.42. The fourth-order valence-corrected chi connectivity index (χ4v) is 0.764. The number of hydrogen-bond acceptors (Lipinski definition) is 6. The molecule has 0 aromatic heterocycles. The van der Waals surface area contributed by atoms with Gasteiger partial charge in [-0.05, 0) is 27.7 Å². The Morgan fingerprint density at radius 3 is 1.82 bits per heavy atom. The van der Waals surface area contributed by atoms with Gasteiger partial charge in [0.1, 0.15) is 5.60 Å². The molecule has 0 aliphatic rings. The zero-order chi connectivity index (χ0) is 14.3. The third kappa shape index (κ3) is 3.33. The minimum atomic E-state index is -6.16. The minimum Gasteiger partial charge on any atom is -0.743 e. The van der Waals surface area contributed by atoms with Gasteiger partial charge < -0.3 is 14.4 Å². The highest BCUT2D eigenvalue weighted by Crippen LogP contribution is 2.30. The molecule has 0 saturated carbocycles. The van der Waals surface area contributed by atoms with E-state index in [0.717, 1.165) is 13.8 Å². The van der Waals surface area contributed by atoms with Crippen LogP contribution < -0.4 is 0 Å². The number of halogens is 2. The second kappa shape index (κ2) is 4.14. The SMILES string of the molecule is CC(C)(O)C(C)(C)OC(=O)C(F)(F)S(=O)(=O)[O-]. The smallest absolute Gasteiger partial charge is 0.428 e. The molecule has 0 aromatic carbocycles. The second-order valence-corrected chi connectivity index (χ2v) is 5.85. The summed E-state index contributed by atoms with van der Waals surface area (Å²) in [6.07, 6.45) is 0. The fourth-order valence-electron chi connectivity index (χ4n) is 0.518. The van der Waals surface area contributed by atoms with Crippen molar-refractivity contribution < 1.29 is 36.4 Å². The Kier molecular flexibility index (Phi) is 3.95. The van der Waals surface area contributed by atoms with E-state index in [9.17, 15) is 31.7 Å². The molecule has 1 N–H and O–H groups in total. The van der Waals surface area contributed by atoms with Crippen molar-refractivity contribution in [2.24, 2.45) is 0 Å². The highest BCUT2D eigenvalue weighted by Gasteiger charge is 2.52. The Morgan fingerprint density at radius 1 is 1.24 bits per heavy atom. The van der Waals surface area contributed by atoms with Crippen molar-refractivity contribution in [3.05, 3.63) is 0 Å². The molecular weight excluding hydrogens is 262 g/mol. The molecule has 9 heteroatoms. The van der Waals surface area contributed by atoms with Gasteiger partial charge in [-0.15, -0.1) is 0 Å². The highest BCUT2D eigenvalue weighted by atomic mass is 32.2. The fraction of sp³-hybridized carbons (Fsp3) is 0.875. The van der Waals surface area contributed by atoms with E-state index in [0.29, 0.717) is 0 Å². The molecule has 0 heterocycles.